The fourth-order valence-corrected chi connectivity index (χ4v) is 10.2. The zero-order valence-electron chi connectivity index (χ0n) is 59.5. The first-order valence-electron chi connectivity index (χ1n) is 34.1. The molecule has 0 fully saturated rings. The molecule has 6 atom stereocenters. The highest BCUT2D eigenvalue weighted by molar-refractivity contribution is 5.98. The molecular formula is C69H81N19O22. The van der Waals surface area contributed by atoms with E-state index in [-0.39, 0.29) is 153 Å². The van der Waals surface area contributed by atoms with Gasteiger partial charge in [-0.3, -0.25) is 91.9 Å². The molecule has 0 saturated carbocycles. The summed E-state index contributed by atoms with van der Waals surface area (Å²) in [4.78, 5) is 210. The van der Waals surface area contributed by atoms with Gasteiger partial charge in [0.2, 0.25) is 64.6 Å². The van der Waals surface area contributed by atoms with Gasteiger partial charge in [0.15, 0.2) is 11.6 Å². The Balaban J connectivity index is 0.000000499. The van der Waals surface area contributed by atoms with E-state index in [0.29, 0.717) is 22.5 Å². The molecular weight excluding hydrogens is 1450 g/mol. The van der Waals surface area contributed by atoms with E-state index < -0.39 is 158 Å². The van der Waals surface area contributed by atoms with Crippen LogP contribution in [-0.2, 0) is 89.6 Å². The number of aliphatic carboxylic acids is 4. The summed E-state index contributed by atoms with van der Waals surface area (Å²) in [5.41, 5.74) is 12.3. The average molecular weight is 1530 g/mol. The lowest BCUT2D eigenvalue weighted by atomic mass is 9.95. The van der Waals surface area contributed by atoms with E-state index >= 15 is 0 Å². The maximum absolute atomic E-state index is 13.1. The molecule has 0 saturated heterocycles. The Hall–Kier alpha value is -13.1. The first kappa shape index (κ1) is 87.6. The number of Topliss-reactive ketones (excluding diaryl/α,β-unsaturated/α-hetero) is 5. The predicted molar refractivity (Wildman–Crippen MR) is 377 cm³/mol. The number of anilines is 2. The average Bonchev–Trinajstić information content (AvgIpc) is 0.816. The Morgan fingerprint density at radius 1 is 0.391 bits per heavy atom. The number of hydrogen-bond acceptors (Lipinski definition) is 30. The van der Waals surface area contributed by atoms with Gasteiger partial charge in [0.05, 0.1) is 48.9 Å². The van der Waals surface area contributed by atoms with Crippen LogP contribution in [0.1, 0.15) is 134 Å². The van der Waals surface area contributed by atoms with Gasteiger partial charge >= 0.3 is 23.9 Å². The first-order valence-corrected chi connectivity index (χ1v) is 34.1. The number of carbonyl (C=O) groups excluding carboxylic acids is 12. The molecule has 0 bridgehead atoms. The van der Waals surface area contributed by atoms with Crippen LogP contribution in [0.4, 0.5) is 11.4 Å². The van der Waals surface area contributed by atoms with E-state index in [1.807, 2.05) is 0 Å². The van der Waals surface area contributed by atoms with E-state index in [0.717, 1.165) is 0 Å². The number of aliphatic hydroxyl groups is 2. The number of pyridine rings is 4. The van der Waals surface area contributed by atoms with Crippen LogP contribution < -0.4 is 38.1 Å². The highest BCUT2D eigenvalue weighted by atomic mass is 16.4. The summed E-state index contributed by atoms with van der Waals surface area (Å²) in [6.07, 6.45) is 2.90. The molecule has 0 aliphatic heterocycles. The lowest BCUT2D eigenvalue weighted by Crippen LogP contribution is -2.47. The number of ketones is 5. The Kier molecular flexibility index (Phi) is 35.6. The maximum atomic E-state index is 13.1. The van der Waals surface area contributed by atoms with Crippen molar-refractivity contribution in [3.63, 3.8) is 0 Å². The van der Waals surface area contributed by atoms with E-state index in [4.69, 9.17) is 21.7 Å². The Morgan fingerprint density at radius 2 is 0.800 bits per heavy atom. The molecule has 0 radical (unpaired) electrons. The molecule has 0 unspecified atom stereocenters. The number of rotatable bonds is 47. The number of carbonyl (C=O) groups is 16. The van der Waals surface area contributed by atoms with Crippen molar-refractivity contribution in [1.82, 2.24) is 76.7 Å². The lowest BCUT2D eigenvalue weighted by molar-refractivity contribution is -0.145. The van der Waals surface area contributed by atoms with Crippen molar-refractivity contribution in [2.75, 3.05) is 23.8 Å². The van der Waals surface area contributed by atoms with E-state index in [1.165, 1.54) is 50.8 Å². The van der Waals surface area contributed by atoms with Gasteiger partial charge in [0.25, 0.3) is 0 Å². The normalized spacial score (nSPS) is 12.4. The van der Waals surface area contributed by atoms with Gasteiger partial charge in [-0.05, 0) is 80.1 Å². The zero-order chi connectivity index (χ0) is 81.0. The predicted octanol–water partition coefficient (Wildman–Crippen LogP) is -0.143. The lowest BCUT2D eigenvalue weighted by Gasteiger charge is -2.19. The smallest absolute Gasteiger partial charge is 0.326 e. The van der Waals surface area contributed by atoms with Crippen LogP contribution in [0.3, 0.4) is 0 Å². The first-order chi connectivity index (χ1) is 52.3. The number of aliphatic hydroxyl groups excluding tert-OH is 2. The second-order valence-corrected chi connectivity index (χ2v) is 24.8. The Bertz CT molecular complexity index is 4050. The summed E-state index contributed by atoms with van der Waals surface area (Å²) in [6.45, 7) is 1.05. The second-order valence-electron chi connectivity index (χ2n) is 24.8. The summed E-state index contributed by atoms with van der Waals surface area (Å²) in [5, 5.41) is 100. The number of nitrogens with one attached hydrogen (secondary N) is 5. The summed E-state index contributed by atoms with van der Waals surface area (Å²) in [6, 6.07) is 8.59. The van der Waals surface area contributed by atoms with Crippen LogP contribution in [0.2, 0.25) is 0 Å². The molecule has 7 amide bonds. The second kappa shape index (κ2) is 44.8. The molecule has 41 nitrogen and oxygen atoms in total. The van der Waals surface area contributed by atoms with E-state index in [1.54, 1.807) is 36.4 Å². The van der Waals surface area contributed by atoms with Crippen LogP contribution in [0.5, 0.6) is 0 Å². The Morgan fingerprint density at radius 3 is 1.23 bits per heavy atom. The number of nitrogens with zero attached hydrogens (tertiary/aromatic N) is 12. The summed E-state index contributed by atoms with van der Waals surface area (Å²) >= 11 is 0. The minimum atomic E-state index is -1.61. The minimum absolute atomic E-state index is 0.00301. The van der Waals surface area contributed by atoms with Crippen molar-refractivity contribution in [2.45, 2.75) is 154 Å². The van der Waals surface area contributed by atoms with Crippen LogP contribution in [-0.4, -0.2) is 217 Å². The molecule has 6 aromatic heterocycles. The molecule has 584 valence electrons. The number of nitrogens with two attached hydrogens (primary N) is 2. The third-order valence-corrected chi connectivity index (χ3v) is 15.9. The number of amides is 7. The van der Waals surface area contributed by atoms with Crippen molar-refractivity contribution in [1.29, 1.82) is 0 Å². The van der Waals surface area contributed by atoms with Crippen LogP contribution in [0, 0.1) is 17.8 Å². The highest BCUT2D eigenvalue weighted by Gasteiger charge is 2.32. The third-order valence-electron chi connectivity index (χ3n) is 15.9. The molecule has 0 aliphatic rings. The van der Waals surface area contributed by atoms with Gasteiger partial charge in [-0.2, -0.15) is 0 Å². The summed E-state index contributed by atoms with van der Waals surface area (Å²) in [5.74, 6) is -16.1. The Labute approximate surface area is 624 Å². The molecule has 6 aromatic rings. The number of hydrogen-bond donors (Lipinski definition) is 13. The van der Waals surface area contributed by atoms with Gasteiger partial charge in [0, 0.05) is 121 Å². The van der Waals surface area contributed by atoms with Gasteiger partial charge < -0.3 is 68.7 Å². The van der Waals surface area contributed by atoms with Gasteiger partial charge in [0.1, 0.15) is 52.2 Å². The van der Waals surface area contributed by atoms with Crippen molar-refractivity contribution in [3.8, 4) is 46.1 Å². The quantitative estimate of drug-likeness (QED) is 0.0236. The van der Waals surface area contributed by atoms with Gasteiger partial charge in [-0.1, -0.05) is 19.1 Å². The standard InChI is InChI=1S/C46H58N12O16.C23H23N7O6/c1-23(43(69)54-31(46(73)74)20-36(48)66)15-34(64)32(22-60)53-38(68)12-4-11-37(67)52-30-10-6-14-50-40(30)42-57-55-41(56-58-42)39-25(7-5-13-49-39)16-28(61)8-3-9-29(62)17-27(21-59)44(70)51-24(2)33(63)18-26(45(71)72)19-35(47)65;31-15(6-1-9-18(33)34)13-14-5-3-11-24-20(14)22-27-29-23(30-28-22)21-16(7-4-12-25-21)26-17(32)8-2-10-19(35)36/h5-7,10,13-14,23-24,26-27,31-32,59-60H,3-4,8-9,11-12,15-22H2,1-2H3,(H2,47,65)(H2,48,66)(H,51,70)(H,52,67)(H,53,68)(H,54,69)(H,71,72)(H,73,74);3-5,7,11-12H,1-2,6,8-10,13H2,(H,26,32)(H,33,34)(H,35,36)/t23-,24+,26+,27+,31+,32+;/m1./s1. The summed E-state index contributed by atoms with van der Waals surface area (Å²) < 4.78 is 0. The highest BCUT2D eigenvalue weighted by Crippen LogP contribution is 2.26. The summed E-state index contributed by atoms with van der Waals surface area (Å²) in [7, 11) is 0. The molecule has 41 heteroatoms. The molecule has 0 spiro atoms. The van der Waals surface area contributed by atoms with Crippen LogP contribution >= 0.6 is 0 Å². The third kappa shape index (κ3) is 30.1. The molecule has 6 rings (SSSR count). The molecule has 0 aliphatic carbocycles. The van der Waals surface area contributed by atoms with Crippen molar-refractivity contribution in [3.05, 3.63) is 84.4 Å². The zero-order valence-corrected chi connectivity index (χ0v) is 59.5. The largest absolute Gasteiger partial charge is 0.481 e. The minimum Gasteiger partial charge on any atom is -0.481 e. The number of carboxylic acid groups (broad SMARTS) is 4. The number of primary amides is 2. The van der Waals surface area contributed by atoms with Crippen LogP contribution in [0.15, 0.2) is 73.3 Å². The van der Waals surface area contributed by atoms with Crippen LogP contribution in [0.25, 0.3) is 46.1 Å². The van der Waals surface area contributed by atoms with Crippen molar-refractivity contribution >= 4 is 106 Å². The van der Waals surface area contributed by atoms with Gasteiger partial charge in [-0.25, -0.2) is 4.79 Å². The SMILES string of the molecule is C[C@H](CC(=O)[C@H](CO)NC(=O)CCCC(=O)Nc1cccnc1-c1nnc(-c2ncccc2CC(=O)CCCC(=O)C[C@@H](CO)C(=O)N[C@@H](C)C(=O)C[C@@H](CC(N)=O)C(=O)O)nn1)C(=O)N[C@@H](CC(N)=O)C(=O)O.O=C(O)CCCC(=O)Cc1cccnc1-c1nnc(-c2ncccc2NC(=O)CCCC(=O)O)nn1. The van der Waals surface area contributed by atoms with E-state index in [2.05, 4.69) is 87.3 Å². The number of aromatic nitrogens is 12. The molecule has 6 heterocycles. The van der Waals surface area contributed by atoms with Crippen molar-refractivity contribution in [2.24, 2.45) is 29.2 Å². The fraction of sp³-hybridized carbons (Fsp3) is 0.420. The monoisotopic (exact) mass is 1530 g/mol. The van der Waals surface area contributed by atoms with E-state index in [9.17, 15) is 97.1 Å². The topological polar surface area (TPSA) is 661 Å². The van der Waals surface area contributed by atoms with Gasteiger partial charge in [-0.15, -0.1) is 40.8 Å². The number of carboxylic acids is 4. The molecule has 15 N–H and O–H groups in total. The molecule has 0 aromatic carbocycles. The maximum Gasteiger partial charge on any atom is 0.326 e. The molecule has 110 heavy (non-hydrogen) atoms. The van der Waals surface area contributed by atoms with Crippen molar-refractivity contribution < 1.29 is 107 Å². The fourth-order valence-electron chi connectivity index (χ4n) is 10.2.